The van der Waals surface area contributed by atoms with Gasteiger partial charge in [-0.25, -0.2) is 0 Å². The van der Waals surface area contributed by atoms with Gasteiger partial charge in [-0.15, -0.1) is 0 Å². The van der Waals surface area contributed by atoms with Crippen LogP contribution in [0.1, 0.15) is 6.92 Å². The molecule has 2 aromatic rings. The van der Waals surface area contributed by atoms with Crippen LogP contribution in [0.25, 0.3) is 11.3 Å². The van der Waals surface area contributed by atoms with E-state index in [0.717, 1.165) is 56.4 Å². The first-order valence-electron chi connectivity index (χ1n) is 7.96. The van der Waals surface area contributed by atoms with Gasteiger partial charge in [0.2, 0.25) is 5.88 Å². The van der Waals surface area contributed by atoms with Gasteiger partial charge in [-0.05, 0) is 12.5 Å². The molecule has 5 nitrogen and oxygen atoms in total. The number of benzene rings is 1. The van der Waals surface area contributed by atoms with Gasteiger partial charge in [0.15, 0.2) is 0 Å². The lowest BCUT2D eigenvalue weighted by Gasteiger charge is -2.35. The number of rotatable bonds is 5. The van der Waals surface area contributed by atoms with Crippen molar-refractivity contribution < 1.29 is 4.52 Å². The van der Waals surface area contributed by atoms with E-state index in [2.05, 4.69) is 21.9 Å². The van der Waals surface area contributed by atoms with Crippen LogP contribution in [0.15, 0.2) is 40.9 Å². The van der Waals surface area contributed by atoms with Crippen molar-refractivity contribution in [2.45, 2.75) is 6.92 Å². The summed E-state index contributed by atoms with van der Waals surface area (Å²) in [6.07, 6.45) is 0. The highest BCUT2D eigenvalue weighted by Crippen LogP contribution is 2.24. The summed E-state index contributed by atoms with van der Waals surface area (Å²) in [6.45, 7) is 8.08. The zero-order valence-corrected chi connectivity index (χ0v) is 13.1. The summed E-state index contributed by atoms with van der Waals surface area (Å²) in [4.78, 5) is 4.74. The number of anilines is 1. The van der Waals surface area contributed by atoms with Crippen LogP contribution in [0.3, 0.4) is 0 Å². The molecule has 1 aliphatic heterocycles. The van der Waals surface area contributed by atoms with Crippen LogP contribution in [0.2, 0.25) is 0 Å². The molecule has 0 aliphatic carbocycles. The third-order valence-electron chi connectivity index (χ3n) is 4.22. The summed E-state index contributed by atoms with van der Waals surface area (Å²) in [5, 5.41) is 4.20. The maximum atomic E-state index is 5.71. The number of nitrogens with two attached hydrogens (primary N) is 1. The van der Waals surface area contributed by atoms with Crippen LogP contribution in [0.4, 0.5) is 5.88 Å². The number of nitrogens with zero attached hydrogens (tertiary/aromatic N) is 3. The Morgan fingerprint density at radius 1 is 1.18 bits per heavy atom. The maximum absolute atomic E-state index is 5.71. The fourth-order valence-electron chi connectivity index (χ4n) is 2.83. The molecule has 2 heterocycles. The number of piperazine rings is 1. The fourth-order valence-corrected chi connectivity index (χ4v) is 2.83. The molecule has 1 aliphatic rings. The molecule has 2 N–H and O–H groups in total. The van der Waals surface area contributed by atoms with Gasteiger partial charge in [0.1, 0.15) is 5.69 Å². The predicted molar refractivity (Wildman–Crippen MR) is 88.8 cm³/mol. The predicted octanol–water partition coefficient (Wildman–Crippen LogP) is 2.06. The van der Waals surface area contributed by atoms with Crippen molar-refractivity contribution in [2.75, 3.05) is 44.2 Å². The van der Waals surface area contributed by atoms with Gasteiger partial charge in [0.25, 0.3) is 0 Å². The first-order valence-corrected chi connectivity index (χ1v) is 7.96. The highest BCUT2D eigenvalue weighted by atomic mass is 16.5. The van der Waals surface area contributed by atoms with E-state index in [9.17, 15) is 0 Å². The van der Waals surface area contributed by atoms with Crippen molar-refractivity contribution in [1.29, 1.82) is 0 Å². The number of hydrogen-bond donors (Lipinski definition) is 1. The monoisotopic (exact) mass is 300 g/mol. The Bertz CT molecular complexity index is 575. The van der Waals surface area contributed by atoms with Gasteiger partial charge in [0.05, 0.1) is 0 Å². The average Bonchev–Trinajstić information content (AvgIpc) is 3.06. The fraction of sp³-hybridized carbons (Fsp3) is 0.471. The molecule has 22 heavy (non-hydrogen) atoms. The molecule has 5 heteroatoms. The Labute approximate surface area is 131 Å². The SMILES string of the molecule is CC(CN)CN1CCN(c2cc(-c3ccccc3)no2)CC1. The summed E-state index contributed by atoms with van der Waals surface area (Å²) in [7, 11) is 0. The van der Waals surface area contributed by atoms with Crippen molar-refractivity contribution in [3.05, 3.63) is 36.4 Å². The van der Waals surface area contributed by atoms with E-state index in [4.69, 9.17) is 10.3 Å². The lowest BCUT2D eigenvalue weighted by atomic mass is 10.1. The first-order chi connectivity index (χ1) is 10.8. The van der Waals surface area contributed by atoms with Crippen molar-refractivity contribution in [1.82, 2.24) is 10.1 Å². The maximum Gasteiger partial charge on any atom is 0.227 e. The second kappa shape index (κ2) is 6.94. The molecule has 3 rings (SSSR count). The molecule has 0 spiro atoms. The Balaban J connectivity index is 1.59. The van der Waals surface area contributed by atoms with Crippen molar-refractivity contribution >= 4 is 5.88 Å². The first kappa shape index (κ1) is 15.1. The van der Waals surface area contributed by atoms with E-state index in [1.165, 1.54) is 0 Å². The van der Waals surface area contributed by atoms with Crippen molar-refractivity contribution in [3.8, 4) is 11.3 Å². The molecule has 1 atom stereocenters. The van der Waals surface area contributed by atoms with Crippen molar-refractivity contribution in [3.63, 3.8) is 0 Å². The number of hydrogen-bond acceptors (Lipinski definition) is 5. The lowest BCUT2D eigenvalue weighted by molar-refractivity contribution is 0.222. The largest absolute Gasteiger partial charge is 0.338 e. The molecule has 1 unspecified atom stereocenters. The second-order valence-corrected chi connectivity index (χ2v) is 6.04. The summed E-state index contributed by atoms with van der Waals surface area (Å²) < 4.78 is 5.53. The Kier molecular flexibility index (Phi) is 4.75. The average molecular weight is 300 g/mol. The summed E-state index contributed by atoms with van der Waals surface area (Å²) in [5.41, 5.74) is 7.69. The third-order valence-corrected chi connectivity index (χ3v) is 4.22. The van der Waals surface area contributed by atoms with Gasteiger partial charge in [-0.1, -0.05) is 42.4 Å². The van der Waals surface area contributed by atoms with Crippen LogP contribution < -0.4 is 10.6 Å². The van der Waals surface area contributed by atoms with Crippen LogP contribution in [0, 0.1) is 5.92 Å². The molecule has 0 saturated carbocycles. The van der Waals surface area contributed by atoms with Gasteiger partial charge >= 0.3 is 0 Å². The van der Waals surface area contributed by atoms with Crippen LogP contribution >= 0.6 is 0 Å². The Hall–Kier alpha value is -1.85. The van der Waals surface area contributed by atoms with Crippen LogP contribution in [-0.2, 0) is 0 Å². The van der Waals surface area contributed by atoms with E-state index in [-0.39, 0.29) is 0 Å². The molecule has 1 aromatic carbocycles. The molecule has 118 valence electrons. The van der Waals surface area contributed by atoms with Gasteiger partial charge in [-0.2, -0.15) is 0 Å². The summed E-state index contributed by atoms with van der Waals surface area (Å²) in [6, 6.07) is 12.2. The smallest absolute Gasteiger partial charge is 0.227 e. The quantitative estimate of drug-likeness (QED) is 0.916. The summed E-state index contributed by atoms with van der Waals surface area (Å²) >= 11 is 0. The van der Waals surface area contributed by atoms with E-state index < -0.39 is 0 Å². The lowest BCUT2D eigenvalue weighted by Crippen LogP contribution is -2.48. The Morgan fingerprint density at radius 2 is 1.91 bits per heavy atom. The van der Waals surface area contributed by atoms with Gasteiger partial charge in [0, 0.05) is 44.4 Å². The normalized spacial score (nSPS) is 17.6. The standard InChI is InChI=1S/C17H24N4O/c1-14(12-18)13-20-7-9-21(10-8-20)17-11-16(19-22-17)15-5-3-2-4-6-15/h2-6,11,14H,7-10,12-13,18H2,1H3. The molecular formula is C17H24N4O. The minimum Gasteiger partial charge on any atom is -0.338 e. The van der Waals surface area contributed by atoms with E-state index >= 15 is 0 Å². The summed E-state index contributed by atoms with van der Waals surface area (Å²) in [5.74, 6) is 1.42. The molecular weight excluding hydrogens is 276 g/mol. The Morgan fingerprint density at radius 3 is 2.59 bits per heavy atom. The third kappa shape index (κ3) is 3.48. The number of aromatic nitrogens is 1. The topological polar surface area (TPSA) is 58.5 Å². The zero-order valence-electron chi connectivity index (χ0n) is 13.1. The van der Waals surface area contributed by atoms with E-state index in [1.807, 2.05) is 36.4 Å². The molecule has 1 aromatic heterocycles. The van der Waals surface area contributed by atoms with Crippen molar-refractivity contribution in [2.24, 2.45) is 11.7 Å². The van der Waals surface area contributed by atoms with Crippen LogP contribution in [-0.4, -0.2) is 49.3 Å². The van der Waals surface area contributed by atoms with Crippen LogP contribution in [0.5, 0.6) is 0 Å². The highest BCUT2D eigenvalue weighted by Gasteiger charge is 2.21. The van der Waals surface area contributed by atoms with E-state index in [1.54, 1.807) is 0 Å². The van der Waals surface area contributed by atoms with Gasteiger partial charge < -0.3 is 15.2 Å². The molecule has 0 amide bonds. The molecule has 1 fully saturated rings. The molecule has 0 radical (unpaired) electrons. The zero-order chi connectivity index (χ0) is 15.4. The van der Waals surface area contributed by atoms with Gasteiger partial charge in [-0.3, -0.25) is 4.90 Å². The molecule has 0 bridgehead atoms. The van der Waals surface area contributed by atoms with E-state index in [0.29, 0.717) is 5.92 Å². The second-order valence-electron chi connectivity index (χ2n) is 6.04. The minimum atomic E-state index is 0.557. The highest BCUT2D eigenvalue weighted by molar-refractivity contribution is 5.61. The minimum absolute atomic E-state index is 0.557. The molecule has 1 saturated heterocycles.